The van der Waals surface area contributed by atoms with Crippen LogP contribution in [0.15, 0.2) is 40.2 Å². The molecule has 142 valence electrons. The predicted molar refractivity (Wildman–Crippen MR) is 119 cm³/mol. The molecule has 0 aromatic heterocycles. The van der Waals surface area contributed by atoms with E-state index in [4.69, 9.17) is 0 Å². The van der Waals surface area contributed by atoms with Gasteiger partial charge in [0.15, 0.2) is 5.96 Å². The van der Waals surface area contributed by atoms with E-state index >= 15 is 0 Å². The number of guanidine groups is 1. The quantitative estimate of drug-likeness (QED) is 0.185. The van der Waals surface area contributed by atoms with E-state index in [1.54, 1.807) is 7.05 Å². The number of nitrogens with zero attached hydrogens (tertiary/aromatic N) is 1. The Balaban J connectivity index is 0.00000576. The zero-order chi connectivity index (χ0) is 18.0. The van der Waals surface area contributed by atoms with Crippen molar-refractivity contribution < 1.29 is 4.79 Å². The molecule has 1 unspecified atom stereocenters. The van der Waals surface area contributed by atoms with Crippen LogP contribution in [0.4, 0.5) is 0 Å². The summed E-state index contributed by atoms with van der Waals surface area (Å²) in [5.41, 5.74) is -0.357. The van der Waals surface area contributed by atoms with Crippen molar-refractivity contribution in [2.24, 2.45) is 10.4 Å². The highest BCUT2D eigenvalue weighted by atomic mass is 127. The molecule has 1 aromatic rings. The van der Waals surface area contributed by atoms with Gasteiger partial charge in [-0.25, -0.2) is 0 Å². The number of carbonyl (C=O) groups excluding carboxylic acids is 1. The second-order valence-corrected chi connectivity index (χ2v) is 8.14. The average molecular weight is 478 g/mol. The predicted octanol–water partition coefficient (Wildman–Crippen LogP) is 3.11. The molecule has 0 heterocycles. The van der Waals surface area contributed by atoms with Crippen molar-refractivity contribution in [2.75, 3.05) is 26.7 Å². The van der Waals surface area contributed by atoms with Gasteiger partial charge >= 0.3 is 0 Å². The Morgan fingerprint density at radius 3 is 2.28 bits per heavy atom. The lowest BCUT2D eigenvalue weighted by molar-refractivity contribution is -0.128. The summed E-state index contributed by atoms with van der Waals surface area (Å²) in [5, 5.41) is 9.86. The Hall–Kier alpha value is -0.960. The van der Waals surface area contributed by atoms with Crippen molar-refractivity contribution in [3.8, 4) is 0 Å². The van der Waals surface area contributed by atoms with Crippen LogP contribution in [0.3, 0.4) is 0 Å². The van der Waals surface area contributed by atoms with Gasteiger partial charge in [-0.1, -0.05) is 45.9 Å². The third-order valence-corrected chi connectivity index (χ3v) is 4.36. The SMILES string of the molecule is CN=C(NCCNC(=O)C(C)(C)C)NCC(C)Sc1ccccc1.I. The van der Waals surface area contributed by atoms with Crippen LogP contribution in [0.5, 0.6) is 0 Å². The molecule has 1 rings (SSSR count). The molecule has 1 atom stereocenters. The third-order valence-electron chi connectivity index (χ3n) is 3.25. The molecular formula is C18H31IN4OS. The molecule has 0 bridgehead atoms. The van der Waals surface area contributed by atoms with Crippen molar-refractivity contribution in [3.63, 3.8) is 0 Å². The first-order valence-electron chi connectivity index (χ1n) is 8.27. The van der Waals surface area contributed by atoms with Gasteiger partial charge in [0.05, 0.1) is 0 Å². The maximum atomic E-state index is 11.8. The molecule has 1 amide bonds. The fraction of sp³-hybridized carbons (Fsp3) is 0.556. The first-order chi connectivity index (χ1) is 11.3. The van der Waals surface area contributed by atoms with E-state index in [1.807, 2.05) is 38.6 Å². The second-order valence-electron chi connectivity index (χ2n) is 6.63. The van der Waals surface area contributed by atoms with Crippen LogP contribution in [0.25, 0.3) is 0 Å². The van der Waals surface area contributed by atoms with Crippen LogP contribution in [-0.4, -0.2) is 43.8 Å². The molecule has 0 aliphatic carbocycles. The standard InChI is InChI=1S/C18H30N4OS.HI/c1-14(24-15-9-7-6-8-10-15)13-22-17(19-5)21-12-11-20-16(23)18(2,3)4;/h6-10,14H,11-13H2,1-5H3,(H,20,23)(H2,19,21,22);1H. The van der Waals surface area contributed by atoms with Crippen molar-refractivity contribution in [1.82, 2.24) is 16.0 Å². The fourth-order valence-corrected chi connectivity index (χ4v) is 2.80. The Kier molecular flexibility index (Phi) is 11.9. The molecule has 7 heteroatoms. The number of nitrogens with one attached hydrogen (secondary N) is 3. The Morgan fingerprint density at radius 1 is 1.12 bits per heavy atom. The summed E-state index contributed by atoms with van der Waals surface area (Å²) in [7, 11) is 1.75. The minimum Gasteiger partial charge on any atom is -0.355 e. The van der Waals surface area contributed by atoms with Gasteiger partial charge in [0.2, 0.25) is 5.91 Å². The summed E-state index contributed by atoms with van der Waals surface area (Å²) in [6, 6.07) is 10.4. The number of benzene rings is 1. The van der Waals surface area contributed by atoms with Crippen molar-refractivity contribution in [2.45, 2.75) is 37.8 Å². The number of halogens is 1. The largest absolute Gasteiger partial charge is 0.355 e. The fourth-order valence-electron chi connectivity index (χ4n) is 1.86. The number of aliphatic imine (C=N–C) groups is 1. The Morgan fingerprint density at radius 2 is 1.72 bits per heavy atom. The van der Waals surface area contributed by atoms with E-state index < -0.39 is 0 Å². The molecule has 0 radical (unpaired) electrons. The Labute approximate surface area is 173 Å². The number of amides is 1. The van der Waals surface area contributed by atoms with Gasteiger partial charge in [-0.2, -0.15) is 0 Å². The van der Waals surface area contributed by atoms with E-state index in [9.17, 15) is 4.79 Å². The van der Waals surface area contributed by atoms with E-state index in [1.165, 1.54) is 4.90 Å². The van der Waals surface area contributed by atoms with Gasteiger partial charge in [-0.3, -0.25) is 9.79 Å². The molecule has 0 saturated carbocycles. The monoisotopic (exact) mass is 478 g/mol. The van der Waals surface area contributed by atoms with E-state index in [-0.39, 0.29) is 35.3 Å². The molecule has 0 aliphatic heterocycles. The van der Waals surface area contributed by atoms with Crippen LogP contribution in [0.1, 0.15) is 27.7 Å². The van der Waals surface area contributed by atoms with Gasteiger partial charge in [-0.05, 0) is 12.1 Å². The summed E-state index contributed by atoms with van der Waals surface area (Å²) < 4.78 is 0. The number of thioether (sulfide) groups is 1. The van der Waals surface area contributed by atoms with Crippen molar-refractivity contribution >= 4 is 47.6 Å². The molecule has 0 saturated heterocycles. The average Bonchev–Trinajstić information content (AvgIpc) is 2.54. The molecule has 1 aromatic carbocycles. The number of carbonyl (C=O) groups is 1. The first kappa shape index (κ1) is 24.0. The minimum absolute atomic E-state index is 0. The van der Waals surface area contributed by atoms with E-state index in [2.05, 4.69) is 52.1 Å². The maximum Gasteiger partial charge on any atom is 0.225 e. The third kappa shape index (κ3) is 10.6. The normalized spacial score (nSPS) is 12.8. The highest BCUT2D eigenvalue weighted by Gasteiger charge is 2.20. The van der Waals surface area contributed by atoms with Gasteiger partial charge < -0.3 is 16.0 Å². The highest BCUT2D eigenvalue weighted by molar-refractivity contribution is 14.0. The lowest BCUT2D eigenvalue weighted by atomic mass is 9.96. The van der Waals surface area contributed by atoms with Crippen LogP contribution in [0.2, 0.25) is 0 Å². The number of hydrogen-bond acceptors (Lipinski definition) is 3. The minimum atomic E-state index is -0.357. The highest BCUT2D eigenvalue weighted by Crippen LogP contribution is 2.21. The van der Waals surface area contributed by atoms with Gasteiger partial charge in [0.1, 0.15) is 0 Å². The lowest BCUT2D eigenvalue weighted by Gasteiger charge is -2.19. The Bertz CT molecular complexity index is 532. The van der Waals surface area contributed by atoms with Gasteiger partial charge in [-0.15, -0.1) is 35.7 Å². The summed E-state index contributed by atoms with van der Waals surface area (Å²) in [6.45, 7) is 9.92. The first-order valence-corrected chi connectivity index (χ1v) is 9.15. The summed E-state index contributed by atoms with van der Waals surface area (Å²) in [6.07, 6.45) is 0. The maximum absolute atomic E-state index is 11.8. The summed E-state index contributed by atoms with van der Waals surface area (Å²) in [4.78, 5) is 17.2. The van der Waals surface area contributed by atoms with Crippen LogP contribution in [-0.2, 0) is 4.79 Å². The topological polar surface area (TPSA) is 65.5 Å². The van der Waals surface area contributed by atoms with Crippen molar-refractivity contribution in [3.05, 3.63) is 30.3 Å². The summed E-state index contributed by atoms with van der Waals surface area (Å²) in [5.74, 6) is 0.806. The zero-order valence-electron chi connectivity index (χ0n) is 15.8. The molecule has 0 spiro atoms. The van der Waals surface area contributed by atoms with Crippen molar-refractivity contribution in [1.29, 1.82) is 0 Å². The van der Waals surface area contributed by atoms with Gasteiger partial charge in [0, 0.05) is 42.2 Å². The number of hydrogen-bond donors (Lipinski definition) is 3. The van der Waals surface area contributed by atoms with E-state index in [0.717, 1.165) is 12.5 Å². The molecule has 5 nitrogen and oxygen atoms in total. The molecule has 25 heavy (non-hydrogen) atoms. The lowest BCUT2D eigenvalue weighted by Crippen LogP contribution is -2.44. The summed E-state index contributed by atoms with van der Waals surface area (Å²) >= 11 is 1.83. The van der Waals surface area contributed by atoms with Crippen LogP contribution >= 0.6 is 35.7 Å². The molecule has 0 aliphatic rings. The van der Waals surface area contributed by atoms with Crippen LogP contribution in [0, 0.1) is 5.41 Å². The smallest absolute Gasteiger partial charge is 0.225 e. The zero-order valence-corrected chi connectivity index (χ0v) is 18.9. The van der Waals surface area contributed by atoms with Crippen LogP contribution < -0.4 is 16.0 Å². The molecule has 3 N–H and O–H groups in total. The van der Waals surface area contributed by atoms with Gasteiger partial charge in [0.25, 0.3) is 0 Å². The molecular weight excluding hydrogens is 447 g/mol. The second kappa shape index (κ2) is 12.4. The van der Waals surface area contributed by atoms with E-state index in [0.29, 0.717) is 18.3 Å². The number of rotatable bonds is 7. The molecule has 0 fully saturated rings.